The predicted octanol–water partition coefficient (Wildman–Crippen LogP) is 3.51. The molecule has 1 atom stereocenters. The zero-order valence-corrected chi connectivity index (χ0v) is 14.6. The van der Waals surface area contributed by atoms with Gasteiger partial charge in [-0.25, -0.2) is 4.79 Å². The first kappa shape index (κ1) is 20.8. The van der Waals surface area contributed by atoms with Gasteiger partial charge in [-0.15, -0.1) is 0 Å². The van der Waals surface area contributed by atoms with Crippen LogP contribution in [0.1, 0.15) is 31.1 Å². The number of nitriles is 1. The molecule has 25 heavy (non-hydrogen) atoms. The lowest BCUT2D eigenvalue weighted by molar-refractivity contribution is -0.125. The molecule has 0 bridgehead atoms. The van der Waals surface area contributed by atoms with E-state index in [2.05, 4.69) is 5.32 Å². The third-order valence-corrected chi connectivity index (χ3v) is 4.18. The minimum atomic E-state index is -4.41. The lowest BCUT2D eigenvalue weighted by Crippen LogP contribution is -2.50. The number of rotatable bonds is 6. The van der Waals surface area contributed by atoms with Gasteiger partial charge in [0, 0.05) is 4.90 Å². The molecule has 0 heterocycles. The Balaban J connectivity index is 2.60. The molecule has 0 aromatic heterocycles. The predicted molar refractivity (Wildman–Crippen MR) is 85.6 cm³/mol. The molecule has 0 aliphatic carbocycles. The summed E-state index contributed by atoms with van der Waals surface area (Å²) < 4.78 is 41.5. The van der Waals surface area contributed by atoms with Gasteiger partial charge in [-0.05, 0) is 48.9 Å². The molecule has 0 fully saturated rings. The Morgan fingerprint density at radius 3 is 2.28 bits per heavy atom. The molecule has 5 nitrogen and oxygen atoms in total. The lowest BCUT2D eigenvalue weighted by Gasteiger charge is -2.27. The lowest BCUT2D eigenvalue weighted by atomic mass is 9.90. The number of amides is 1. The Labute approximate surface area is 147 Å². The minimum absolute atomic E-state index is 0.0197. The molecule has 1 aromatic rings. The van der Waals surface area contributed by atoms with Gasteiger partial charge in [-0.3, -0.25) is 4.79 Å². The van der Waals surface area contributed by atoms with E-state index in [-0.39, 0.29) is 28.1 Å². The van der Waals surface area contributed by atoms with E-state index in [0.717, 1.165) is 12.1 Å². The van der Waals surface area contributed by atoms with Crippen LogP contribution >= 0.6 is 11.8 Å². The third-order valence-electron chi connectivity index (χ3n) is 3.44. The van der Waals surface area contributed by atoms with E-state index >= 15 is 0 Å². The van der Waals surface area contributed by atoms with Crippen molar-refractivity contribution < 1.29 is 27.5 Å². The fourth-order valence-electron chi connectivity index (χ4n) is 1.63. The van der Waals surface area contributed by atoms with E-state index in [1.54, 1.807) is 20.8 Å². The Kier molecular flexibility index (Phi) is 6.87. The average molecular weight is 374 g/mol. The summed E-state index contributed by atoms with van der Waals surface area (Å²) in [5.74, 6) is -1.65. The number of halogens is 3. The van der Waals surface area contributed by atoms with Crippen LogP contribution in [-0.2, 0) is 9.53 Å². The number of carbonyl (C=O) groups is 2. The normalized spacial score (nSPS) is 13.7. The van der Waals surface area contributed by atoms with Gasteiger partial charge in [0.1, 0.15) is 5.54 Å². The van der Waals surface area contributed by atoms with E-state index < -0.39 is 29.5 Å². The van der Waals surface area contributed by atoms with Gasteiger partial charge in [-0.1, -0.05) is 13.8 Å². The van der Waals surface area contributed by atoms with Gasteiger partial charge >= 0.3 is 11.5 Å². The summed E-state index contributed by atoms with van der Waals surface area (Å²) in [6, 6.07) is 6.63. The molecule has 0 spiro atoms. The van der Waals surface area contributed by atoms with Gasteiger partial charge in [0.25, 0.3) is 5.91 Å². The van der Waals surface area contributed by atoms with Crippen molar-refractivity contribution in [1.29, 1.82) is 5.26 Å². The van der Waals surface area contributed by atoms with E-state index in [4.69, 9.17) is 10.00 Å². The fraction of sp³-hybridized carbons (Fsp3) is 0.438. The number of hydrogen-bond donors (Lipinski definition) is 1. The third kappa shape index (κ3) is 6.66. The molecule has 1 amide bonds. The molecule has 136 valence electrons. The first-order valence-electron chi connectivity index (χ1n) is 7.22. The van der Waals surface area contributed by atoms with Gasteiger partial charge in [-0.2, -0.15) is 18.4 Å². The van der Waals surface area contributed by atoms with Crippen molar-refractivity contribution in [1.82, 2.24) is 5.32 Å². The molecule has 0 radical (unpaired) electrons. The largest absolute Gasteiger partial charge is 0.452 e. The molecule has 0 aliphatic heterocycles. The minimum Gasteiger partial charge on any atom is -0.452 e. The number of nitrogens with zero attached hydrogens (tertiary/aromatic N) is 1. The van der Waals surface area contributed by atoms with E-state index in [9.17, 15) is 22.8 Å². The van der Waals surface area contributed by atoms with Crippen LogP contribution in [0.4, 0.5) is 13.2 Å². The second-order valence-electron chi connectivity index (χ2n) is 5.67. The number of thioether (sulfide) groups is 1. The van der Waals surface area contributed by atoms with Crippen LogP contribution < -0.4 is 5.32 Å². The molecule has 0 saturated carbocycles. The summed E-state index contributed by atoms with van der Waals surface area (Å²) in [7, 11) is 0. The Morgan fingerprint density at radius 1 is 1.28 bits per heavy atom. The van der Waals surface area contributed by atoms with Crippen molar-refractivity contribution >= 4 is 23.6 Å². The summed E-state index contributed by atoms with van der Waals surface area (Å²) in [5, 5.41) is 11.6. The van der Waals surface area contributed by atoms with Crippen LogP contribution in [-0.4, -0.2) is 29.5 Å². The fourth-order valence-corrected chi connectivity index (χ4v) is 2.17. The molecule has 9 heteroatoms. The van der Waals surface area contributed by atoms with Gasteiger partial charge in [0.15, 0.2) is 6.61 Å². The van der Waals surface area contributed by atoms with Crippen molar-refractivity contribution in [3.05, 3.63) is 29.8 Å². The molecule has 1 N–H and O–H groups in total. The molecule has 1 rings (SSSR count). The summed E-state index contributed by atoms with van der Waals surface area (Å²) in [5.41, 5.74) is -5.49. The SMILES string of the molecule is CC(C)[C@@](C)(C#N)NC(=O)COC(=O)c1ccc(SC(F)(F)F)cc1. The smallest absolute Gasteiger partial charge is 0.446 e. The first-order chi connectivity index (χ1) is 11.5. The highest BCUT2D eigenvalue weighted by Crippen LogP contribution is 2.36. The highest BCUT2D eigenvalue weighted by Gasteiger charge is 2.30. The van der Waals surface area contributed by atoms with Crippen LogP contribution in [0.5, 0.6) is 0 Å². The van der Waals surface area contributed by atoms with Crippen LogP contribution in [0.15, 0.2) is 29.2 Å². The Morgan fingerprint density at radius 2 is 1.84 bits per heavy atom. The summed E-state index contributed by atoms with van der Waals surface area (Å²) in [4.78, 5) is 23.6. The zero-order valence-electron chi connectivity index (χ0n) is 13.8. The van der Waals surface area contributed by atoms with Crippen LogP contribution in [0.3, 0.4) is 0 Å². The molecule has 1 aromatic carbocycles. The van der Waals surface area contributed by atoms with Gasteiger partial charge in [0.2, 0.25) is 0 Å². The van der Waals surface area contributed by atoms with Crippen molar-refractivity contribution in [3.63, 3.8) is 0 Å². The van der Waals surface area contributed by atoms with Crippen LogP contribution in [0.2, 0.25) is 0 Å². The highest BCUT2D eigenvalue weighted by atomic mass is 32.2. The van der Waals surface area contributed by atoms with Crippen LogP contribution in [0.25, 0.3) is 0 Å². The monoisotopic (exact) mass is 374 g/mol. The van der Waals surface area contributed by atoms with Crippen molar-refractivity contribution in [3.8, 4) is 6.07 Å². The topological polar surface area (TPSA) is 79.2 Å². The van der Waals surface area contributed by atoms with Gasteiger partial charge < -0.3 is 10.1 Å². The summed E-state index contributed by atoms with van der Waals surface area (Å²) >= 11 is -0.296. The maximum absolute atomic E-state index is 12.2. The summed E-state index contributed by atoms with van der Waals surface area (Å²) in [6.07, 6.45) is 0. The van der Waals surface area contributed by atoms with E-state index in [0.29, 0.717) is 0 Å². The van der Waals surface area contributed by atoms with Crippen LogP contribution in [0, 0.1) is 17.2 Å². The van der Waals surface area contributed by atoms with Crippen molar-refractivity contribution in [2.75, 3.05) is 6.61 Å². The van der Waals surface area contributed by atoms with E-state index in [1.165, 1.54) is 12.1 Å². The maximum atomic E-state index is 12.2. The zero-order chi connectivity index (χ0) is 19.3. The van der Waals surface area contributed by atoms with E-state index in [1.807, 2.05) is 6.07 Å². The Hall–Kier alpha value is -2.21. The quantitative estimate of drug-likeness (QED) is 0.609. The average Bonchev–Trinajstić information content (AvgIpc) is 2.51. The maximum Gasteiger partial charge on any atom is 0.446 e. The molecule has 0 unspecified atom stereocenters. The number of nitrogens with one attached hydrogen (secondary N) is 1. The standard InChI is InChI=1S/C16H17F3N2O3S/c1-10(2)15(3,9-20)21-13(22)8-24-14(23)11-4-6-12(7-5-11)25-16(17,18)19/h4-7,10H,8H2,1-3H3,(H,21,22)/t15-/m1/s1. The number of ether oxygens (including phenoxy) is 1. The first-order valence-corrected chi connectivity index (χ1v) is 8.03. The second kappa shape index (κ2) is 8.25. The molecule has 0 saturated heterocycles. The second-order valence-corrected chi connectivity index (χ2v) is 6.80. The molecule has 0 aliphatic rings. The molecular formula is C16H17F3N2O3S. The highest BCUT2D eigenvalue weighted by molar-refractivity contribution is 8.00. The number of carbonyl (C=O) groups excluding carboxylic acids is 2. The van der Waals surface area contributed by atoms with Gasteiger partial charge in [0.05, 0.1) is 11.6 Å². The Bertz CT molecular complexity index is 669. The van der Waals surface area contributed by atoms with Crippen molar-refractivity contribution in [2.45, 2.75) is 36.7 Å². The number of alkyl halides is 3. The summed E-state index contributed by atoms with van der Waals surface area (Å²) in [6.45, 7) is 4.47. The number of hydrogen-bond acceptors (Lipinski definition) is 5. The number of benzene rings is 1. The van der Waals surface area contributed by atoms with Crippen molar-refractivity contribution in [2.24, 2.45) is 5.92 Å². The molecular weight excluding hydrogens is 357 g/mol. The number of esters is 1.